The highest BCUT2D eigenvalue weighted by molar-refractivity contribution is 9.10. The Morgan fingerprint density at radius 3 is 2.55 bits per heavy atom. The van der Waals surface area contributed by atoms with Crippen LogP contribution in [0, 0.1) is 5.82 Å². The molecule has 5 rings (SSSR count). The van der Waals surface area contributed by atoms with E-state index in [4.69, 9.17) is 4.74 Å². The number of rotatable bonds is 8. The number of halogens is 2. The molecule has 4 aromatic rings. The first-order chi connectivity index (χ1) is 18.2. The maximum Gasteiger partial charge on any atom is 0.337 e. The molecular weight excluding hydrogens is 557 g/mol. The van der Waals surface area contributed by atoms with Crippen LogP contribution in [0.15, 0.2) is 67.4 Å². The number of likely N-dealkylation sites (N-methyl/N-ethyl adjacent to an activating group) is 1. The van der Waals surface area contributed by atoms with E-state index in [0.717, 1.165) is 5.69 Å². The summed E-state index contributed by atoms with van der Waals surface area (Å²) in [5.41, 5.74) is 0.184. The number of aromatic nitrogens is 3. The Hall–Kier alpha value is -3.70. The van der Waals surface area contributed by atoms with E-state index < -0.39 is 22.6 Å². The summed E-state index contributed by atoms with van der Waals surface area (Å²) in [5.74, 6) is -0.559. The first kappa shape index (κ1) is 25.9. The van der Waals surface area contributed by atoms with Crippen molar-refractivity contribution in [3.8, 4) is 5.69 Å². The lowest BCUT2D eigenvalue weighted by molar-refractivity contribution is 0.206. The van der Waals surface area contributed by atoms with E-state index in [1.54, 1.807) is 19.2 Å². The summed E-state index contributed by atoms with van der Waals surface area (Å²) in [7, 11) is 5.05. The number of hydrogen-bond donors (Lipinski definition) is 1. The van der Waals surface area contributed by atoms with Gasteiger partial charge in [0, 0.05) is 50.0 Å². The molecule has 0 radical (unpaired) electrons. The molecule has 2 aromatic carbocycles. The van der Waals surface area contributed by atoms with Gasteiger partial charge in [0.25, 0.3) is 11.1 Å². The number of aryl methyl sites for hydroxylation is 1. The lowest BCUT2D eigenvalue weighted by Crippen LogP contribution is -2.41. The molecule has 1 aliphatic rings. The van der Waals surface area contributed by atoms with E-state index in [1.807, 2.05) is 30.1 Å². The number of hydrogen-bond acceptors (Lipinski definition) is 6. The maximum absolute atomic E-state index is 14.7. The molecular formula is C27H27BrFN5O4. The van der Waals surface area contributed by atoms with Gasteiger partial charge < -0.3 is 15.0 Å². The van der Waals surface area contributed by atoms with Gasteiger partial charge in [0.15, 0.2) is 0 Å². The SMILES string of the molecule is COCCN(C)c1cccc(-n2c(=O)n(C3CC3)c(=O)c3c(Nc4ccc(Br)cc4F)cc(=O)n(C)c32)c1. The fraction of sp³-hybridized carbons (Fsp3) is 0.296. The lowest BCUT2D eigenvalue weighted by atomic mass is 10.2. The van der Waals surface area contributed by atoms with Gasteiger partial charge in [0.05, 0.1) is 23.7 Å². The fourth-order valence-electron chi connectivity index (χ4n) is 4.51. The van der Waals surface area contributed by atoms with Gasteiger partial charge in [0.2, 0.25) is 0 Å². The topological polar surface area (TPSA) is 90.5 Å². The number of methoxy groups -OCH3 is 1. The van der Waals surface area contributed by atoms with Crippen LogP contribution in [-0.2, 0) is 11.8 Å². The average Bonchev–Trinajstić information content (AvgIpc) is 3.72. The van der Waals surface area contributed by atoms with E-state index >= 15 is 0 Å². The monoisotopic (exact) mass is 583 g/mol. The number of fused-ring (bicyclic) bond motifs is 1. The van der Waals surface area contributed by atoms with Gasteiger partial charge in [-0.25, -0.2) is 13.8 Å². The van der Waals surface area contributed by atoms with E-state index in [1.165, 1.54) is 38.9 Å². The summed E-state index contributed by atoms with van der Waals surface area (Å²) >= 11 is 3.24. The second-order valence-corrected chi connectivity index (χ2v) is 10.3. The van der Waals surface area contributed by atoms with Gasteiger partial charge in [-0.15, -0.1) is 0 Å². The minimum atomic E-state index is -0.559. The van der Waals surface area contributed by atoms with Gasteiger partial charge in [0.1, 0.15) is 16.9 Å². The van der Waals surface area contributed by atoms with Crippen LogP contribution in [0.5, 0.6) is 0 Å². The molecule has 2 aromatic heterocycles. The van der Waals surface area contributed by atoms with Crippen LogP contribution >= 0.6 is 15.9 Å². The number of nitrogens with zero attached hydrogens (tertiary/aromatic N) is 4. The van der Waals surface area contributed by atoms with Crippen molar-refractivity contribution in [3.05, 3.63) is 90.0 Å². The van der Waals surface area contributed by atoms with Gasteiger partial charge in [-0.05, 0) is 49.2 Å². The number of pyridine rings is 1. The van der Waals surface area contributed by atoms with Gasteiger partial charge in [-0.3, -0.25) is 18.7 Å². The molecule has 1 N–H and O–H groups in total. The fourth-order valence-corrected chi connectivity index (χ4v) is 4.85. The van der Waals surface area contributed by atoms with Crippen molar-refractivity contribution in [1.82, 2.24) is 13.7 Å². The summed E-state index contributed by atoms with van der Waals surface area (Å²) in [6.45, 7) is 1.15. The van der Waals surface area contributed by atoms with Crippen molar-refractivity contribution in [1.29, 1.82) is 0 Å². The molecule has 0 unspecified atom stereocenters. The minimum absolute atomic E-state index is 0.0969. The third-order valence-corrected chi connectivity index (χ3v) is 7.22. The normalized spacial score (nSPS) is 13.2. The standard InChI is InChI=1S/C27H27BrFN5O4/c1-31(11-12-38-3)18-5-4-6-19(14-18)33-25-24(26(36)34(27(33)37)17-8-9-17)22(15-23(35)32(25)2)30-21-10-7-16(28)13-20(21)29/h4-7,10,13-15,17,30H,8-9,11-12H2,1-3H3. The molecule has 9 nitrogen and oxygen atoms in total. The predicted octanol–water partition coefficient (Wildman–Crippen LogP) is 3.91. The average molecular weight is 584 g/mol. The molecule has 0 aliphatic heterocycles. The Morgan fingerprint density at radius 1 is 1.11 bits per heavy atom. The minimum Gasteiger partial charge on any atom is -0.383 e. The molecule has 11 heteroatoms. The third kappa shape index (κ3) is 4.67. The molecule has 0 atom stereocenters. The molecule has 2 heterocycles. The van der Waals surface area contributed by atoms with Crippen LogP contribution < -0.4 is 27.0 Å². The zero-order valence-corrected chi connectivity index (χ0v) is 22.8. The predicted molar refractivity (Wildman–Crippen MR) is 150 cm³/mol. The molecule has 1 saturated carbocycles. The van der Waals surface area contributed by atoms with Crippen molar-refractivity contribution in [2.75, 3.05) is 37.5 Å². The maximum atomic E-state index is 14.7. The molecule has 1 fully saturated rings. The molecule has 1 aliphatic carbocycles. The van der Waals surface area contributed by atoms with E-state index in [9.17, 15) is 18.8 Å². The highest BCUT2D eigenvalue weighted by Gasteiger charge is 2.31. The van der Waals surface area contributed by atoms with E-state index in [-0.39, 0.29) is 28.5 Å². The number of nitrogens with one attached hydrogen (secondary N) is 1. The van der Waals surface area contributed by atoms with Crippen molar-refractivity contribution < 1.29 is 9.13 Å². The van der Waals surface area contributed by atoms with Gasteiger partial charge in [-0.1, -0.05) is 22.0 Å². The largest absolute Gasteiger partial charge is 0.383 e. The Kier molecular flexibility index (Phi) is 6.97. The molecule has 0 amide bonds. The zero-order valence-electron chi connectivity index (χ0n) is 21.2. The van der Waals surface area contributed by atoms with Crippen LogP contribution in [0.4, 0.5) is 21.5 Å². The Morgan fingerprint density at radius 2 is 1.87 bits per heavy atom. The van der Waals surface area contributed by atoms with Gasteiger partial charge >= 0.3 is 5.69 Å². The number of benzene rings is 2. The molecule has 38 heavy (non-hydrogen) atoms. The van der Waals surface area contributed by atoms with Crippen LogP contribution in [0.1, 0.15) is 18.9 Å². The van der Waals surface area contributed by atoms with Crippen LogP contribution in [0.25, 0.3) is 16.7 Å². The highest BCUT2D eigenvalue weighted by atomic mass is 79.9. The third-order valence-electron chi connectivity index (χ3n) is 6.72. The summed E-state index contributed by atoms with van der Waals surface area (Å²) in [6, 6.07) is 12.8. The molecule has 198 valence electrons. The molecule has 0 saturated heterocycles. The summed E-state index contributed by atoms with van der Waals surface area (Å²) in [6.07, 6.45) is 1.41. The first-order valence-electron chi connectivity index (χ1n) is 12.1. The van der Waals surface area contributed by atoms with E-state index in [2.05, 4.69) is 21.2 Å². The quantitative estimate of drug-likeness (QED) is 0.338. The highest BCUT2D eigenvalue weighted by Crippen LogP contribution is 2.34. The Labute approximate surface area is 225 Å². The Balaban J connectivity index is 1.81. The van der Waals surface area contributed by atoms with Crippen molar-refractivity contribution >= 4 is 44.0 Å². The summed E-state index contributed by atoms with van der Waals surface area (Å²) in [4.78, 5) is 42.7. The summed E-state index contributed by atoms with van der Waals surface area (Å²) in [5, 5.41) is 3.05. The van der Waals surface area contributed by atoms with Crippen molar-refractivity contribution in [2.45, 2.75) is 18.9 Å². The number of anilines is 3. The van der Waals surface area contributed by atoms with Gasteiger partial charge in [-0.2, -0.15) is 0 Å². The smallest absolute Gasteiger partial charge is 0.337 e. The Bertz CT molecular complexity index is 1720. The molecule has 0 spiro atoms. The van der Waals surface area contributed by atoms with Crippen LogP contribution in [-0.4, -0.2) is 41.0 Å². The lowest BCUT2D eigenvalue weighted by Gasteiger charge is -2.22. The van der Waals surface area contributed by atoms with Crippen LogP contribution in [0.3, 0.4) is 0 Å². The van der Waals surface area contributed by atoms with E-state index in [0.29, 0.717) is 36.2 Å². The number of ether oxygens (including phenoxy) is 1. The second kappa shape index (κ2) is 10.2. The van der Waals surface area contributed by atoms with Crippen molar-refractivity contribution in [3.63, 3.8) is 0 Å². The first-order valence-corrected chi connectivity index (χ1v) is 12.9. The zero-order chi connectivity index (χ0) is 27.1. The van der Waals surface area contributed by atoms with Crippen LogP contribution in [0.2, 0.25) is 0 Å². The van der Waals surface area contributed by atoms with Crippen molar-refractivity contribution in [2.24, 2.45) is 7.05 Å². The summed E-state index contributed by atoms with van der Waals surface area (Å²) < 4.78 is 24.4. The molecule has 0 bridgehead atoms. The second-order valence-electron chi connectivity index (χ2n) is 9.36.